The number of likely N-dealkylation sites (N-methyl/N-ethyl adjacent to an activating group) is 1. The van der Waals surface area contributed by atoms with Gasteiger partial charge < -0.3 is 9.80 Å². The van der Waals surface area contributed by atoms with Crippen molar-refractivity contribution in [2.45, 2.75) is 6.42 Å². The minimum absolute atomic E-state index is 0.0193. The first kappa shape index (κ1) is 15.1. The van der Waals surface area contributed by atoms with Crippen molar-refractivity contribution < 1.29 is 9.59 Å². The van der Waals surface area contributed by atoms with E-state index in [9.17, 15) is 9.59 Å². The highest BCUT2D eigenvalue weighted by atomic mass is 16.2. The SMILES string of the molecule is CN1CCCN(C(=O)c2cccc3c2-c2ccccc2C3=O)CC1. The van der Waals surface area contributed by atoms with Gasteiger partial charge in [0.25, 0.3) is 5.91 Å². The molecule has 0 N–H and O–H groups in total. The van der Waals surface area contributed by atoms with Gasteiger partial charge in [0, 0.05) is 41.9 Å². The zero-order chi connectivity index (χ0) is 16.7. The van der Waals surface area contributed by atoms with E-state index in [4.69, 9.17) is 0 Å². The van der Waals surface area contributed by atoms with E-state index < -0.39 is 0 Å². The zero-order valence-corrected chi connectivity index (χ0v) is 13.8. The van der Waals surface area contributed by atoms with Crippen LogP contribution in [0.1, 0.15) is 32.7 Å². The fraction of sp³-hybridized carbons (Fsp3) is 0.300. The van der Waals surface area contributed by atoms with Crippen LogP contribution in [0.15, 0.2) is 42.5 Å². The molecule has 0 saturated carbocycles. The third-order valence-corrected chi connectivity index (χ3v) is 4.99. The normalized spacial score (nSPS) is 17.4. The second-order valence-corrected chi connectivity index (χ2v) is 6.55. The van der Waals surface area contributed by atoms with E-state index in [0.717, 1.165) is 43.7 Å². The van der Waals surface area contributed by atoms with Gasteiger partial charge in [-0.2, -0.15) is 0 Å². The molecule has 2 aromatic carbocycles. The van der Waals surface area contributed by atoms with Crippen LogP contribution in [0.5, 0.6) is 0 Å². The molecule has 0 atom stereocenters. The van der Waals surface area contributed by atoms with Gasteiger partial charge in [0.1, 0.15) is 0 Å². The van der Waals surface area contributed by atoms with Gasteiger partial charge in [-0.05, 0) is 31.6 Å². The Balaban J connectivity index is 1.77. The molecule has 0 bridgehead atoms. The summed E-state index contributed by atoms with van der Waals surface area (Å²) in [5, 5.41) is 0. The van der Waals surface area contributed by atoms with Gasteiger partial charge in [-0.3, -0.25) is 9.59 Å². The average Bonchev–Trinajstić information content (AvgIpc) is 2.75. The van der Waals surface area contributed by atoms with Crippen LogP contribution in [0, 0.1) is 0 Å². The van der Waals surface area contributed by atoms with Gasteiger partial charge >= 0.3 is 0 Å². The third-order valence-electron chi connectivity index (χ3n) is 4.99. The van der Waals surface area contributed by atoms with Gasteiger partial charge in [-0.1, -0.05) is 36.4 Å². The number of amides is 1. The van der Waals surface area contributed by atoms with Crippen LogP contribution >= 0.6 is 0 Å². The lowest BCUT2D eigenvalue weighted by atomic mass is 9.98. The third kappa shape index (κ3) is 2.34. The Bertz CT molecular complexity index is 828. The number of hydrogen-bond donors (Lipinski definition) is 0. The summed E-state index contributed by atoms with van der Waals surface area (Å²) in [5.74, 6) is 0.0532. The molecule has 24 heavy (non-hydrogen) atoms. The molecular weight excluding hydrogens is 300 g/mol. The highest BCUT2D eigenvalue weighted by Gasteiger charge is 2.31. The lowest BCUT2D eigenvalue weighted by Gasteiger charge is -2.22. The summed E-state index contributed by atoms with van der Waals surface area (Å²) in [6.07, 6.45) is 0.979. The second kappa shape index (κ2) is 5.87. The summed E-state index contributed by atoms with van der Waals surface area (Å²) in [6.45, 7) is 3.39. The van der Waals surface area contributed by atoms with E-state index in [0.29, 0.717) is 16.7 Å². The minimum Gasteiger partial charge on any atom is -0.337 e. The first-order chi connectivity index (χ1) is 11.7. The Morgan fingerprint density at radius 3 is 2.46 bits per heavy atom. The predicted molar refractivity (Wildman–Crippen MR) is 93.3 cm³/mol. The molecule has 122 valence electrons. The fourth-order valence-electron chi connectivity index (χ4n) is 3.67. The number of carbonyl (C=O) groups is 2. The van der Waals surface area contributed by atoms with E-state index >= 15 is 0 Å². The molecule has 4 nitrogen and oxygen atoms in total. The van der Waals surface area contributed by atoms with Crippen molar-refractivity contribution in [1.82, 2.24) is 9.80 Å². The molecule has 1 heterocycles. The molecule has 1 fully saturated rings. The molecule has 4 rings (SSSR count). The van der Waals surface area contributed by atoms with Crippen molar-refractivity contribution in [3.63, 3.8) is 0 Å². The number of benzene rings is 2. The molecule has 1 aliphatic carbocycles. The van der Waals surface area contributed by atoms with Gasteiger partial charge in [0.05, 0.1) is 0 Å². The molecule has 0 radical (unpaired) electrons. The summed E-state index contributed by atoms with van der Waals surface area (Å²) in [7, 11) is 2.09. The zero-order valence-electron chi connectivity index (χ0n) is 13.8. The van der Waals surface area contributed by atoms with Gasteiger partial charge in [-0.15, -0.1) is 0 Å². The Hall–Kier alpha value is -2.46. The molecule has 1 aliphatic heterocycles. The molecular formula is C20H20N2O2. The van der Waals surface area contributed by atoms with Crippen molar-refractivity contribution in [2.75, 3.05) is 33.2 Å². The molecule has 2 aromatic rings. The molecule has 2 aliphatic rings. The lowest BCUT2D eigenvalue weighted by Crippen LogP contribution is -2.34. The summed E-state index contributed by atoms with van der Waals surface area (Å²) >= 11 is 0. The lowest BCUT2D eigenvalue weighted by molar-refractivity contribution is 0.0763. The summed E-state index contributed by atoms with van der Waals surface area (Å²) in [5.41, 5.74) is 3.68. The van der Waals surface area contributed by atoms with Gasteiger partial charge in [-0.25, -0.2) is 0 Å². The van der Waals surface area contributed by atoms with Crippen LogP contribution in [0.25, 0.3) is 11.1 Å². The number of rotatable bonds is 1. The standard InChI is InChI=1S/C20H20N2O2/c1-21-10-5-11-22(13-12-21)20(24)17-9-4-8-16-18(17)14-6-2-3-7-15(14)19(16)23/h2-4,6-9H,5,10-13H2,1H3. The maximum Gasteiger partial charge on any atom is 0.254 e. The van der Waals surface area contributed by atoms with Crippen molar-refractivity contribution in [3.8, 4) is 11.1 Å². The smallest absolute Gasteiger partial charge is 0.254 e. The van der Waals surface area contributed by atoms with Crippen molar-refractivity contribution >= 4 is 11.7 Å². The summed E-state index contributed by atoms with van der Waals surface area (Å²) < 4.78 is 0. The monoisotopic (exact) mass is 320 g/mol. The van der Waals surface area contributed by atoms with Crippen molar-refractivity contribution in [1.29, 1.82) is 0 Å². The van der Waals surface area contributed by atoms with Crippen molar-refractivity contribution in [3.05, 3.63) is 59.2 Å². The maximum atomic E-state index is 13.1. The molecule has 4 heteroatoms. The van der Waals surface area contributed by atoms with E-state index in [2.05, 4.69) is 11.9 Å². The minimum atomic E-state index is 0.0193. The topological polar surface area (TPSA) is 40.6 Å². The predicted octanol–water partition coefficient (Wildman–Crippen LogP) is 2.68. The number of nitrogens with zero attached hydrogens (tertiary/aromatic N) is 2. The first-order valence-corrected chi connectivity index (χ1v) is 8.42. The van der Waals surface area contributed by atoms with Crippen molar-refractivity contribution in [2.24, 2.45) is 0 Å². The first-order valence-electron chi connectivity index (χ1n) is 8.42. The Morgan fingerprint density at radius 1 is 0.875 bits per heavy atom. The Labute approximate surface area is 141 Å². The summed E-state index contributed by atoms with van der Waals surface area (Å²) in [4.78, 5) is 29.9. The summed E-state index contributed by atoms with van der Waals surface area (Å²) in [6, 6.07) is 13.1. The average molecular weight is 320 g/mol. The highest BCUT2D eigenvalue weighted by Crippen LogP contribution is 2.39. The van der Waals surface area contributed by atoms with Crippen LogP contribution in [-0.2, 0) is 0 Å². The van der Waals surface area contributed by atoms with Crippen LogP contribution in [0.2, 0.25) is 0 Å². The Kier molecular flexibility index (Phi) is 3.69. The van der Waals surface area contributed by atoms with Crippen LogP contribution < -0.4 is 0 Å². The second-order valence-electron chi connectivity index (χ2n) is 6.55. The molecule has 1 amide bonds. The van der Waals surface area contributed by atoms with Gasteiger partial charge in [0.2, 0.25) is 0 Å². The van der Waals surface area contributed by atoms with E-state index in [1.165, 1.54) is 0 Å². The number of ketones is 1. The van der Waals surface area contributed by atoms with Crippen LogP contribution in [0.3, 0.4) is 0 Å². The highest BCUT2D eigenvalue weighted by molar-refractivity contribution is 6.24. The number of carbonyl (C=O) groups excluding carboxylic acids is 2. The molecule has 0 spiro atoms. The van der Waals surface area contributed by atoms with E-state index in [-0.39, 0.29) is 11.7 Å². The molecule has 1 saturated heterocycles. The number of fused-ring (bicyclic) bond motifs is 3. The van der Waals surface area contributed by atoms with Crippen LogP contribution in [0.4, 0.5) is 0 Å². The fourth-order valence-corrected chi connectivity index (χ4v) is 3.67. The Morgan fingerprint density at radius 2 is 1.62 bits per heavy atom. The quantitative estimate of drug-likeness (QED) is 0.692. The van der Waals surface area contributed by atoms with Crippen LogP contribution in [-0.4, -0.2) is 54.7 Å². The molecule has 0 unspecified atom stereocenters. The largest absolute Gasteiger partial charge is 0.337 e. The number of hydrogen-bond acceptors (Lipinski definition) is 3. The molecule has 0 aromatic heterocycles. The van der Waals surface area contributed by atoms with E-state index in [1.807, 2.05) is 47.4 Å². The van der Waals surface area contributed by atoms with Gasteiger partial charge in [0.15, 0.2) is 5.78 Å². The van der Waals surface area contributed by atoms with E-state index in [1.54, 1.807) is 0 Å². The maximum absolute atomic E-state index is 13.1.